The lowest BCUT2D eigenvalue weighted by molar-refractivity contribution is -0.139. The van der Waals surface area contributed by atoms with Gasteiger partial charge in [-0.3, -0.25) is 0 Å². The number of halogens is 1. The van der Waals surface area contributed by atoms with Gasteiger partial charge < -0.3 is 19.1 Å². The summed E-state index contributed by atoms with van der Waals surface area (Å²) in [7, 11) is 3.64. The van der Waals surface area contributed by atoms with Gasteiger partial charge in [0.2, 0.25) is 0 Å². The average Bonchev–Trinajstić information content (AvgIpc) is 2.89. The predicted octanol–water partition coefficient (Wildman–Crippen LogP) is 2.62. The molecular weight excluding hydrogens is 362 g/mol. The smallest absolute Gasteiger partial charge is 0.355 e. The summed E-state index contributed by atoms with van der Waals surface area (Å²) >= 11 is 6.27. The molecule has 0 spiro atoms. The Hall–Kier alpha value is -3.06. The van der Waals surface area contributed by atoms with E-state index in [1.807, 2.05) is 0 Å². The third-order valence-electron chi connectivity index (χ3n) is 3.52. The van der Waals surface area contributed by atoms with Crippen molar-refractivity contribution in [2.45, 2.75) is 0 Å². The largest absolute Gasteiger partial charge is 0.465 e. The van der Waals surface area contributed by atoms with E-state index in [9.17, 15) is 14.4 Å². The highest BCUT2D eigenvalue weighted by Crippen LogP contribution is 2.33. The van der Waals surface area contributed by atoms with Crippen LogP contribution in [0.2, 0.25) is 5.02 Å². The molecule has 0 saturated heterocycles. The molecule has 2 rings (SSSR count). The van der Waals surface area contributed by atoms with Crippen LogP contribution in [0.4, 0.5) is 5.69 Å². The van der Waals surface area contributed by atoms with E-state index < -0.39 is 17.9 Å². The first-order chi connectivity index (χ1) is 12.4. The van der Waals surface area contributed by atoms with Crippen molar-refractivity contribution in [3.63, 3.8) is 0 Å². The van der Waals surface area contributed by atoms with Crippen molar-refractivity contribution in [2.24, 2.45) is 0 Å². The van der Waals surface area contributed by atoms with Crippen molar-refractivity contribution < 1.29 is 28.6 Å². The second kappa shape index (κ2) is 8.35. The van der Waals surface area contributed by atoms with E-state index in [4.69, 9.17) is 25.8 Å². The van der Waals surface area contributed by atoms with Crippen LogP contribution in [-0.2, 0) is 23.8 Å². The summed E-state index contributed by atoms with van der Waals surface area (Å²) in [6.07, 6.45) is 6.10. The Bertz CT molecular complexity index is 840. The van der Waals surface area contributed by atoms with E-state index in [-0.39, 0.29) is 27.5 Å². The molecule has 0 aliphatic carbocycles. The Morgan fingerprint density at radius 3 is 2.19 bits per heavy atom. The maximum Gasteiger partial charge on any atom is 0.355 e. The Morgan fingerprint density at radius 2 is 1.58 bits per heavy atom. The van der Waals surface area contributed by atoms with Crippen LogP contribution in [-0.4, -0.2) is 39.2 Å². The number of esters is 3. The van der Waals surface area contributed by atoms with Gasteiger partial charge in [0.15, 0.2) is 0 Å². The summed E-state index contributed by atoms with van der Waals surface area (Å²) in [6, 6.07) is 4.42. The monoisotopic (exact) mass is 377 g/mol. The Kier molecular flexibility index (Phi) is 6.19. The second-order valence-corrected chi connectivity index (χ2v) is 5.38. The van der Waals surface area contributed by atoms with Crippen LogP contribution in [0, 0.1) is 0 Å². The van der Waals surface area contributed by atoms with Crippen molar-refractivity contribution in [3.05, 3.63) is 64.5 Å². The molecule has 0 fully saturated rings. The number of allylic oxidation sites excluding steroid dienone is 2. The number of anilines is 1. The molecule has 1 aromatic carbocycles. The number of carbonyl (C=O) groups excluding carboxylic acids is 3. The van der Waals surface area contributed by atoms with Gasteiger partial charge in [0.1, 0.15) is 5.70 Å². The quantitative estimate of drug-likeness (QED) is 0.589. The van der Waals surface area contributed by atoms with Crippen molar-refractivity contribution in [1.82, 2.24) is 0 Å². The van der Waals surface area contributed by atoms with Gasteiger partial charge in [-0.1, -0.05) is 17.7 Å². The Morgan fingerprint density at radius 1 is 0.923 bits per heavy atom. The molecule has 0 bridgehead atoms. The lowest BCUT2D eigenvalue weighted by Crippen LogP contribution is -2.27. The highest BCUT2D eigenvalue weighted by Gasteiger charge is 2.28. The maximum atomic E-state index is 12.4. The fraction of sp³-hybridized carbons (Fsp3) is 0.167. The molecule has 0 unspecified atom stereocenters. The molecule has 26 heavy (non-hydrogen) atoms. The molecule has 8 heteroatoms. The highest BCUT2D eigenvalue weighted by atomic mass is 35.5. The molecule has 0 saturated carbocycles. The molecule has 0 atom stereocenters. The third-order valence-corrected chi connectivity index (χ3v) is 3.84. The molecule has 0 radical (unpaired) electrons. The zero-order valence-corrected chi connectivity index (χ0v) is 15.1. The van der Waals surface area contributed by atoms with E-state index in [2.05, 4.69) is 0 Å². The molecular formula is C18H16ClNO6. The second-order valence-electron chi connectivity index (χ2n) is 4.97. The molecule has 0 aromatic heterocycles. The number of nitrogens with zero attached hydrogens (tertiary/aromatic N) is 1. The lowest BCUT2D eigenvalue weighted by atomic mass is 10.1. The highest BCUT2D eigenvalue weighted by molar-refractivity contribution is 6.33. The van der Waals surface area contributed by atoms with Crippen LogP contribution < -0.4 is 4.90 Å². The van der Waals surface area contributed by atoms with E-state index in [1.54, 1.807) is 12.2 Å². The first kappa shape index (κ1) is 19.3. The van der Waals surface area contributed by atoms with Gasteiger partial charge in [0.25, 0.3) is 0 Å². The Labute approximate surface area is 155 Å². The molecule has 1 aliphatic rings. The summed E-state index contributed by atoms with van der Waals surface area (Å²) < 4.78 is 14.3. The van der Waals surface area contributed by atoms with Gasteiger partial charge in [0, 0.05) is 6.20 Å². The topological polar surface area (TPSA) is 82.1 Å². The Balaban J connectivity index is 2.71. The minimum Gasteiger partial charge on any atom is -0.465 e. The number of benzene rings is 1. The van der Waals surface area contributed by atoms with Crippen LogP contribution in [0.1, 0.15) is 10.4 Å². The third kappa shape index (κ3) is 3.78. The van der Waals surface area contributed by atoms with E-state index >= 15 is 0 Å². The van der Waals surface area contributed by atoms with E-state index in [0.29, 0.717) is 0 Å². The fourth-order valence-electron chi connectivity index (χ4n) is 2.29. The number of methoxy groups -OCH3 is 3. The standard InChI is InChI=1S/C18H16ClNO6/c1-24-16(21)11-7-8-13(19)14(10-11)20-9-5-4-6-12(17(22)25-2)15(20)18(23)26-3/h4-10H,1-3H3. The molecule has 0 N–H and O–H groups in total. The van der Waals surface area contributed by atoms with Crippen molar-refractivity contribution >= 4 is 35.2 Å². The van der Waals surface area contributed by atoms with Gasteiger partial charge >= 0.3 is 17.9 Å². The molecule has 1 heterocycles. The minimum absolute atomic E-state index is 0.0242. The number of hydrogen-bond acceptors (Lipinski definition) is 7. The van der Waals surface area contributed by atoms with Crippen LogP contribution in [0.15, 0.2) is 53.9 Å². The zero-order chi connectivity index (χ0) is 19.3. The van der Waals surface area contributed by atoms with Gasteiger partial charge in [-0.2, -0.15) is 0 Å². The minimum atomic E-state index is -0.777. The summed E-state index contributed by atoms with van der Waals surface area (Å²) in [6.45, 7) is 0. The first-order valence-corrected chi connectivity index (χ1v) is 7.75. The molecule has 1 aromatic rings. The summed E-state index contributed by atoms with van der Waals surface area (Å²) in [5, 5.41) is 0.245. The number of hydrogen-bond donors (Lipinski definition) is 0. The number of ether oxygens (including phenoxy) is 3. The zero-order valence-electron chi connectivity index (χ0n) is 14.3. The van der Waals surface area contributed by atoms with Gasteiger partial charge in [-0.05, 0) is 30.4 Å². The fourth-order valence-corrected chi connectivity index (χ4v) is 2.50. The van der Waals surface area contributed by atoms with Crippen LogP contribution in [0.5, 0.6) is 0 Å². The van der Waals surface area contributed by atoms with Crippen LogP contribution in [0.3, 0.4) is 0 Å². The van der Waals surface area contributed by atoms with Gasteiger partial charge in [0.05, 0.1) is 43.2 Å². The maximum absolute atomic E-state index is 12.4. The summed E-state index contributed by atoms with van der Waals surface area (Å²) in [5.74, 6) is -2.08. The molecule has 0 amide bonds. The van der Waals surface area contributed by atoms with Crippen LogP contribution >= 0.6 is 11.6 Å². The lowest BCUT2D eigenvalue weighted by Gasteiger charge is -2.24. The molecule has 136 valence electrons. The van der Waals surface area contributed by atoms with Crippen molar-refractivity contribution in [3.8, 4) is 0 Å². The van der Waals surface area contributed by atoms with Crippen molar-refractivity contribution in [2.75, 3.05) is 26.2 Å². The predicted molar refractivity (Wildman–Crippen MR) is 94.6 cm³/mol. The first-order valence-electron chi connectivity index (χ1n) is 7.37. The SMILES string of the molecule is COC(=O)C1=C(C(=O)OC)N(c2cc(C(=O)OC)ccc2Cl)C=CC=C1. The van der Waals surface area contributed by atoms with E-state index in [1.165, 1.54) is 56.7 Å². The van der Waals surface area contributed by atoms with Gasteiger partial charge in [-0.25, -0.2) is 14.4 Å². The molecule has 7 nitrogen and oxygen atoms in total. The molecule has 1 aliphatic heterocycles. The van der Waals surface area contributed by atoms with Crippen molar-refractivity contribution in [1.29, 1.82) is 0 Å². The average molecular weight is 378 g/mol. The van der Waals surface area contributed by atoms with E-state index in [0.717, 1.165) is 0 Å². The summed E-state index contributed by atoms with van der Waals surface area (Å²) in [4.78, 5) is 37.7. The summed E-state index contributed by atoms with van der Waals surface area (Å²) in [5.41, 5.74) is 0.384. The number of carbonyl (C=O) groups is 3. The normalized spacial score (nSPS) is 13.3. The number of rotatable bonds is 4. The van der Waals surface area contributed by atoms with Crippen LogP contribution in [0.25, 0.3) is 0 Å². The van der Waals surface area contributed by atoms with Gasteiger partial charge in [-0.15, -0.1) is 0 Å².